The van der Waals surface area contributed by atoms with E-state index in [4.69, 9.17) is 10.2 Å². The van der Waals surface area contributed by atoms with Crippen LogP contribution in [0.25, 0.3) is 0 Å². The van der Waals surface area contributed by atoms with E-state index in [0.717, 1.165) is 20.1 Å². The first kappa shape index (κ1) is 25.1. The van der Waals surface area contributed by atoms with Crippen LogP contribution in [0.2, 0.25) is 0 Å². The molecule has 0 spiro atoms. The van der Waals surface area contributed by atoms with Crippen molar-refractivity contribution in [1.29, 1.82) is 0 Å². The van der Waals surface area contributed by atoms with Gasteiger partial charge in [-0.25, -0.2) is 0 Å². The number of fused-ring (bicyclic) bond motifs is 2. The predicted molar refractivity (Wildman–Crippen MR) is 118 cm³/mol. The average Bonchev–Trinajstić information content (AvgIpc) is 3.43. The van der Waals surface area contributed by atoms with Gasteiger partial charge in [-0.1, -0.05) is 101 Å². The standard InChI is InChI=1S/C19H18.2C2H6.2CH4O/c1-3-7-16(8-4-1)19(17-9-5-2-6-10-17)14-15-11-12-18(19)13-15;4*1-2/h1-12,15,18H,13-14H2;2*1-2H3;2*2H,1H3. The second-order valence-corrected chi connectivity index (χ2v) is 5.89. The molecule has 2 aliphatic rings. The smallest absolute Gasteiger partial charge is 0.0319 e. The molecule has 2 nitrogen and oxygen atoms in total. The summed E-state index contributed by atoms with van der Waals surface area (Å²) >= 11 is 0. The topological polar surface area (TPSA) is 40.5 Å². The van der Waals surface area contributed by atoms with Gasteiger partial charge in [0.2, 0.25) is 0 Å². The van der Waals surface area contributed by atoms with Crippen molar-refractivity contribution in [3.63, 3.8) is 0 Å². The molecule has 2 heteroatoms. The largest absolute Gasteiger partial charge is 0.400 e. The van der Waals surface area contributed by atoms with Gasteiger partial charge in [-0.05, 0) is 35.8 Å². The minimum atomic E-state index is 0.210. The van der Waals surface area contributed by atoms with Crippen molar-refractivity contribution in [3.8, 4) is 0 Å². The highest BCUT2D eigenvalue weighted by Gasteiger charge is 2.50. The molecular formula is C25H38O2. The molecule has 0 aromatic heterocycles. The highest BCUT2D eigenvalue weighted by molar-refractivity contribution is 5.45. The Balaban J connectivity index is 0.000000757. The molecule has 0 radical (unpaired) electrons. The molecule has 0 amide bonds. The van der Waals surface area contributed by atoms with Crippen LogP contribution in [0.5, 0.6) is 0 Å². The Bertz CT molecular complexity index is 565. The van der Waals surface area contributed by atoms with Crippen LogP contribution in [0.15, 0.2) is 72.8 Å². The van der Waals surface area contributed by atoms with Gasteiger partial charge in [-0.3, -0.25) is 0 Å². The molecule has 150 valence electrons. The molecule has 2 aliphatic carbocycles. The second-order valence-electron chi connectivity index (χ2n) is 5.89. The molecule has 2 aromatic carbocycles. The van der Waals surface area contributed by atoms with Crippen LogP contribution in [0.3, 0.4) is 0 Å². The third-order valence-electron chi connectivity index (χ3n) is 4.97. The zero-order valence-electron chi connectivity index (χ0n) is 17.9. The van der Waals surface area contributed by atoms with E-state index in [1.807, 2.05) is 27.7 Å². The molecule has 2 aromatic rings. The SMILES string of the molecule is C1=CC2CC1CC2(c1ccccc1)c1ccccc1.CC.CC.CO.CO. The van der Waals surface area contributed by atoms with Gasteiger partial charge in [-0.15, -0.1) is 0 Å². The van der Waals surface area contributed by atoms with Crippen LogP contribution in [-0.2, 0) is 5.41 Å². The minimum absolute atomic E-state index is 0.210. The summed E-state index contributed by atoms with van der Waals surface area (Å²) in [5, 5.41) is 14.0. The zero-order chi connectivity index (χ0) is 20.7. The van der Waals surface area contributed by atoms with Gasteiger partial charge in [0.1, 0.15) is 0 Å². The third-order valence-corrected chi connectivity index (χ3v) is 4.97. The van der Waals surface area contributed by atoms with E-state index < -0.39 is 0 Å². The number of hydrogen-bond donors (Lipinski definition) is 2. The highest BCUT2D eigenvalue weighted by atomic mass is 16.2. The maximum atomic E-state index is 7.00. The first-order valence-corrected chi connectivity index (χ1v) is 10.1. The summed E-state index contributed by atoms with van der Waals surface area (Å²) in [6.45, 7) is 8.00. The van der Waals surface area contributed by atoms with Gasteiger partial charge in [0.05, 0.1) is 0 Å². The Labute approximate surface area is 166 Å². The summed E-state index contributed by atoms with van der Waals surface area (Å²) in [5.74, 6) is 1.44. The van der Waals surface area contributed by atoms with Gasteiger partial charge in [0.25, 0.3) is 0 Å². The van der Waals surface area contributed by atoms with Crippen molar-refractivity contribution >= 4 is 0 Å². The summed E-state index contributed by atoms with van der Waals surface area (Å²) in [7, 11) is 2.00. The van der Waals surface area contributed by atoms with Crippen LogP contribution < -0.4 is 0 Å². The highest BCUT2D eigenvalue weighted by Crippen LogP contribution is 2.56. The van der Waals surface area contributed by atoms with Crippen molar-refractivity contribution in [2.45, 2.75) is 46.0 Å². The summed E-state index contributed by atoms with van der Waals surface area (Å²) in [4.78, 5) is 0. The lowest BCUT2D eigenvalue weighted by molar-refractivity contribution is 0.399. The minimum Gasteiger partial charge on any atom is -0.400 e. The number of aliphatic hydroxyl groups excluding tert-OH is 2. The van der Waals surface area contributed by atoms with Crippen LogP contribution in [0.1, 0.15) is 51.7 Å². The molecule has 2 unspecified atom stereocenters. The first-order chi connectivity index (χ1) is 13.4. The van der Waals surface area contributed by atoms with E-state index in [-0.39, 0.29) is 5.41 Å². The summed E-state index contributed by atoms with van der Waals surface area (Å²) in [6, 6.07) is 22.2. The maximum absolute atomic E-state index is 7.00. The quantitative estimate of drug-likeness (QED) is 0.652. The molecule has 27 heavy (non-hydrogen) atoms. The van der Waals surface area contributed by atoms with E-state index in [1.165, 1.54) is 24.0 Å². The molecule has 4 rings (SSSR count). The Morgan fingerprint density at radius 2 is 1.07 bits per heavy atom. The number of rotatable bonds is 2. The van der Waals surface area contributed by atoms with Crippen LogP contribution in [0, 0.1) is 11.8 Å². The molecule has 2 N–H and O–H groups in total. The molecule has 2 bridgehead atoms. The van der Waals surface area contributed by atoms with Crippen molar-refractivity contribution < 1.29 is 10.2 Å². The monoisotopic (exact) mass is 370 g/mol. The Morgan fingerprint density at radius 3 is 1.37 bits per heavy atom. The maximum Gasteiger partial charge on any atom is 0.0319 e. The van der Waals surface area contributed by atoms with E-state index in [2.05, 4.69) is 72.8 Å². The predicted octanol–water partition coefficient (Wildman–Crippen LogP) is 5.84. The van der Waals surface area contributed by atoms with E-state index in [1.54, 1.807) is 0 Å². The van der Waals surface area contributed by atoms with Crippen molar-refractivity contribution in [2.75, 3.05) is 14.2 Å². The van der Waals surface area contributed by atoms with E-state index in [9.17, 15) is 0 Å². The number of allylic oxidation sites excluding steroid dienone is 2. The number of hydrogen-bond acceptors (Lipinski definition) is 2. The molecule has 1 fully saturated rings. The molecule has 0 aliphatic heterocycles. The Kier molecular flexibility index (Phi) is 13.2. The first-order valence-electron chi connectivity index (χ1n) is 10.1. The van der Waals surface area contributed by atoms with Crippen LogP contribution in [-0.4, -0.2) is 24.4 Å². The molecular weight excluding hydrogens is 332 g/mol. The van der Waals surface area contributed by atoms with Gasteiger partial charge in [0.15, 0.2) is 0 Å². The Hall–Kier alpha value is -1.90. The lowest BCUT2D eigenvalue weighted by Gasteiger charge is -2.37. The zero-order valence-corrected chi connectivity index (χ0v) is 17.9. The van der Waals surface area contributed by atoms with Crippen molar-refractivity contribution in [2.24, 2.45) is 11.8 Å². The lowest BCUT2D eigenvalue weighted by atomic mass is 9.66. The average molecular weight is 371 g/mol. The van der Waals surface area contributed by atoms with Gasteiger partial charge in [0, 0.05) is 19.6 Å². The van der Waals surface area contributed by atoms with Gasteiger partial charge < -0.3 is 10.2 Å². The summed E-state index contributed by atoms with van der Waals surface area (Å²) in [5.41, 5.74) is 3.18. The van der Waals surface area contributed by atoms with E-state index >= 15 is 0 Å². The number of aliphatic hydroxyl groups is 2. The molecule has 1 saturated carbocycles. The lowest BCUT2D eigenvalue weighted by Crippen LogP contribution is -2.32. The fourth-order valence-electron chi connectivity index (χ4n) is 4.16. The third kappa shape index (κ3) is 5.54. The van der Waals surface area contributed by atoms with Crippen molar-refractivity contribution in [1.82, 2.24) is 0 Å². The van der Waals surface area contributed by atoms with E-state index in [0.29, 0.717) is 5.92 Å². The fourth-order valence-corrected chi connectivity index (χ4v) is 4.16. The summed E-state index contributed by atoms with van der Waals surface area (Å²) < 4.78 is 0. The van der Waals surface area contributed by atoms with Gasteiger partial charge in [-0.2, -0.15) is 0 Å². The number of benzene rings is 2. The molecule has 2 atom stereocenters. The van der Waals surface area contributed by atoms with Crippen LogP contribution in [0.4, 0.5) is 0 Å². The molecule has 0 saturated heterocycles. The molecule has 0 heterocycles. The van der Waals surface area contributed by atoms with Crippen LogP contribution >= 0.6 is 0 Å². The summed E-state index contributed by atoms with van der Waals surface area (Å²) in [6.07, 6.45) is 7.47. The second kappa shape index (κ2) is 14.2. The Morgan fingerprint density at radius 1 is 0.667 bits per heavy atom. The fraction of sp³-hybridized carbons (Fsp3) is 0.440. The van der Waals surface area contributed by atoms with Crippen molar-refractivity contribution in [3.05, 3.63) is 83.9 Å². The van der Waals surface area contributed by atoms with Gasteiger partial charge >= 0.3 is 0 Å². The normalized spacial score (nSPS) is 19.7.